The molecule has 1 aliphatic carbocycles. The number of piperazine rings is 1. The second-order valence-corrected chi connectivity index (χ2v) is 11.9. The quantitative estimate of drug-likeness (QED) is 0.258. The molecule has 0 bridgehead atoms. The summed E-state index contributed by atoms with van der Waals surface area (Å²) >= 11 is 6.39. The summed E-state index contributed by atoms with van der Waals surface area (Å²) in [5.74, 6) is 1.31. The van der Waals surface area contributed by atoms with E-state index in [2.05, 4.69) is 35.5 Å². The molecule has 2 aliphatic rings. The van der Waals surface area contributed by atoms with Crippen LogP contribution in [0.1, 0.15) is 43.1 Å². The second-order valence-electron chi connectivity index (χ2n) is 11.5. The third-order valence-corrected chi connectivity index (χ3v) is 9.36. The van der Waals surface area contributed by atoms with E-state index in [1.54, 1.807) is 0 Å². The number of halogens is 1. The molecular formula is C31H36ClN9O. The maximum atomic E-state index is 9.25. The third kappa shape index (κ3) is 5.24. The average molecular weight is 586 g/mol. The minimum Gasteiger partial charge on any atom is -0.395 e. The monoisotopic (exact) mass is 585 g/mol. The zero-order chi connectivity index (χ0) is 28.6. The fourth-order valence-corrected chi connectivity index (χ4v) is 6.93. The summed E-state index contributed by atoms with van der Waals surface area (Å²) in [6.07, 6.45) is 6.53. The molecule has 3 aromatic heterocycles. The van der Waals surface area contributed by atoms with E-state index in [9.17, 15) is 5.11 Å². The van der Waals surface area contributed by atoms with Gasteiger partial charge in [0.25, 0.3) is 0 Å². The van der Waals surface area contributed by atoms with Crippen molar-refractivity contribution in [3.8, 4) is 11.3 Å². The number of hydrogen-bond donors (Lipinski definition) is 3. The van der Waals surface area contributed by atoms with Gasteiger partial charge in [-0.1, -0.05) is 35.9 Å². The summed E-state index contributed by atoms with van der Waals surface area (Å²) in [6.45, 7) is 5.23. The van der Waals surface area contributed by atoms with Crippen LogP contribution in [0, 0.1) is 0 Å². The van der Waals surface area contributed by atoms with Crippen LogP contribution in [0.5, 0.6) is 0 Å². The lowest BCUT2D eigenvalue weighted by molar-refractivity contribution is 0.0629. The molecule has 2 fully saturated rings. The van der Waals surface area contributed by atoms with Crippen molar-refractivity contribution in [3.05, 3.63) is 65.2 Å². The van der Waals surface area contributed by atoms with Crippen molar-refractivity contribution in [2.24, 2.45) is 0 Å². The molecule has 4 heterocycles. The summed E-state index contributed by atoms with van der Waals surface area (Å²) in [5, 5.41) is 15.9. The standard InChI is InChI=1S/C31H36ClN9O/c32-24-4-2-1-3-20(24)18-27-36-25-10-5-21(17-26(25)37-27)29-28-30(33)34-19-35-31(28)41(38-29)23-8-6-22(7-9-23)40-13-11-39(12-14-40)15-16-42/h1-5,10,17,19,22-23,42H,6-9,11-16,18H2,(H,36,37)(H2,33,34,35)/t22-,23-. The summed E-state index contributed by atoms with van der Waals surface area (Å²) < 4.78 is 2.10. The average Bonchev–Trinajstić information content (AvgIpc) is 3.61. The fraction of sp³-hybridized carbons (Fsp3) is 0.419. The van der Waals surface area contributed by atoms with Crippen LogP contribution in [0.25, 0.3) is 33.3 Å². The normalized spacial score (nSPS) is 20.5. The number of H-pyrrole nitrogens is 1. The van der Waals surface area contributed by atoms with Crippen molar-refractivity contribution >= 4 is 39.5 Å². The van der Waals surface area contributed by atoms with E-state index < -0.39 is 0 Å². The Morgan fingerprint density at radius 3 is 2.55 bits per heavy atom. The number of benzene rings is 2. The highest BCUT2D eigenvalue weighted by atomic mass is 35.5. The second kappa shape index (κ2) is 11.6. The van der Waals surface area contributed by atoms with Crippen molar-refractivity contribution in [1.29, 1.82) is 0 Å². The lowest BCUT2D eigenvalue weighted by Crippen LogP contribution is -2.51. The highest BCUT2D eigenvalue weighted by molar-refractivity contribution is 6.31. The Morgan fingerprint density at radius 2 is 1.76 bits per heavy atom. The topological polar surface area (TPSA) is 125 Å². The lowest BCUT2D eigenvalue weighted by Gasteiger charge is -2.41. The van der Waals surface area contributed by atoms with Gasteiger partial charge in [0.05, 0.1) is 29.1 Å². The van der Waals surface area contributed by atoms with Gasteiger partial charge in [-0.3, -0.25) is 9.80 Å². The highest BCUT2D eigenvalue weighted by Gasteiger charge is 2.31. The van der Waals surface area contributed by atoms with Crippen molar-refractivity contribution in [2.45, 2.75) is 44.2 Å². The molecule has 11 heteroatoms. The first-order chi connectivity index (χ1) is 20.6. The molecule has 10 nitrogen and oxygen atoms in total. The fourth-order valence-electron chi connectivity index (χ4n) is 6.73. The van der Waals surface area contributed by atoms with E-state index in [1.807, 2.05) is 36.4 Å². The van der Waals surface area contributed by atoms with Crippen LogP contribution >= 0.6 is 11.6 Å². The molecule has 1 saturated carbocycles. The smallest absolute Gasteiger partial charge is 0.164 e. The molecular weight excluding hydrogens is 550 g/mol. The Hall–Kier alpha value is -3.57. The van der Waals surface area contributed by atoms with Gasteiger partial charge >= 0.3 is 0 Å². The van der Waals surface area contributed by atoms with Gasteiger partial charge in [0.2, 0.25) is 0 Å². The largest absolute Gasteiger partial charge is 0.395 e. The number of imidazole rings is 1. The SMILES string of the molecule is Nc1ncnc2c1c(-c1ccc3nc(Cc4ccccc4Cl)[nH]c3c1)nn2[C@H]1CC[C@H](N2CCN(CCO)CC2)CC1. The van der Waals surface area contributed by atoms with Gasteiger partial charge < -0.3 is 15.8 Å². The Bertz CT molecular complexity index is 1700. The minimum atomic E-state index is 0.235. The summed E-state index contributed by atoms with van der Waals surface area (Å²) in [7, 11) is 0. The summed E-state index contributed by atoms with van der Waals surface area (Å²) in [4.78, 5) is 22.2. The number of nitrogens with one attached hydrogen (secondary N) is 1. The molecule has 0 radical (unpaired) electrons. The van der Waals surface area contributed by atoms with Gasteiger partial charge in [-0.2, -0.15) is 5.10 Å². The molecule has 0 amide bonds. The molecule has 218 valence electrons. The third-order valence-electron chi connectivity index (χ3n) is 8.99. The van der Waals surface area contributed by atoms with Crippen LogP contribution in [0.4, 0.5) is 5.82 Å². The molecule has 1 saturated heterocycles. The molecule has 0 unspecified atom stereocenters. The van der Waals surface area contributed by atoms with Crippen LogP contribution in [0.3, 0.4) is 0 Å². The van der Waals surface area contributed by atoms with Crippen molar-refractivity contribution in [1.82, 2.24) is 39.5 Å². The number of rotatable bonds is 7. The number of aliphatic hydroxyl groups excluding tert-OH is 1. The molecule has 0 spiro atoms. The predicted molar refractivity (Wildman–Crippen MR) is 165 cm³/mol. The number of hydrogen-bond acceptors (Lipinski definition) is 8. The van der Waals surface area contributed by atoms with Crippen molar-refractivity contribution in [2.75, 3.05) is 45.1 Å². The minimum absolute atomic E-state index is 0.235. The molecule has 5 aromatic rings. The Morgan fingerprint density at radius 1 is 0.976 bits per heavy atom. The number of aromatic nitrogens is 6. The first-order valence-electron chi connectivity index (χ1n) is 14.9. The first-order valence-corrected chi connectivity index (χ1v) is 15.2. The number of nitrogens with two attached hydrogens (primary N) is 1. The van der Waals surface area contributed by atoms with E-state index in [1.165, 1.54) is 6.33 Å². The molecule has 7 rings (SSSR count). The zero-order valence-electron chi connectivity index (χ0n) is 23.6. The van der Waals surface area contributed by atoms with E-state index in [0.29, 0.717) is 18.3 Å². The predicted octanol–water partition coefficient (Wildman–Crippen LogP) is 4.29. The molecule has 1 aliphatic heterocycles. The van der Waals surface area contributed by atoms with Gasteiger partial charge in [0.1, 0.15) is 23.7 Å². The Balaban J connectivity index is 1.13. The number of fused-ring (bicyclic) bond motifs is 2. The maximum Gasteiger partial charge on any atom is 0.164 e. The Labute approximate surface area is 249 Å². The van der Waals surface area contributed by atoms with Crippen molar-refractivity contribution < 1.29 is 5.11 Å². The van der Waals surface area contributed by atoms with Crippen LogP contribution < -0.4 is 5.73 Å². The van der Waals surface area contributed by atoms with Gasteiger partial charge in [0, 0.05) is 55.8 Å². The maximum absolute atomic E-state index is 9.25. The number of β-amino-alcohol motifs (C(OH)–C–C–N with tert-alkyl or cyclic N) is 1. The number of anilines is 1. The molecule has 4 N–H and O–H groups in total. The Kier molecular flexibility index (Phi) is 7.54. The lowest BCUT2D eigenvalue weighted by atomic mass is 9.90. The number of aromatic amines is 1. The molecule has 2 aromatic carbocycles. The molecule has 0 atom stereocenters. The number of aliphatic hydroxyl groups is 1. The van der Waals surface area contributed by atoms with Gasteiger partial charge in [-0.05, 0) is 49.4 Å². The zero-order valence-corrected chi connectivity index (χ0v) is 24.3. The highest BCUT2D eigenvalue weighted by Crippen LogP contribution is 2.37. The van der Waals surface area contributed by atoms with E-state index in [-0.39, 0.29) is 12.6 Å². The van der Waals surface area contributed by atoms with Crippen molar-refractivity contribution in [3.63, 3.8) is 0 Å². The van der Waals surface area contributed by atoms with Crippen LogP contribution in [-0.2, 0) is 6.42 Å². The van der Waals surface area contributed by atoms with Crippen LogP contribution in [-0.4, -0.2) is 90.0 Å². The van der Waals surface area contributed by atoms with Crippen LogP contribution in [0.2, 0.25) is 5.02 Å². The van der Waals surface area contributed by atoms with Crippen LogP contribution in [0.15, 0.2) is 48.8 Å². The van der Waals surface area contributed by atoms with Gasteiger partial charge in [-0.25, -0.2) is 19.6 Å². The summed E-state index contributed by atoms with van der Waals surface area (Å²) in [5.41, 5.74) is 11.9. The molecule has 42 heavy (non-hydrogen) atoms. The van der Waals surface area contributed by atoms with Gasteiger partial charge in [-0.15, -0.1) is 0 Å². The van der Waals surface area contributed by atoms with E-state index >= 15 is 0 Å². The number of nitrogens with zero attached hydrogens (tertiary/aromatic N) is 7. The van der Waals surface area contributed by atoms with Gasteiger partial charge in [0.15, 0.2) is 5.65 Å². The summed E-state index contributed by atoms with van der Waals surface area (Å²) in [6, 6.07) is 14.9. The first kappa shape index (κ1) is 27.3. The van der Waals surface area contributed by atoms with E-state index in [4.69, 9.17) is 27.4 Å². The number of nitrogen functional groups attached to an aromatic ring is 1. The van der Waals surface area contributed by atoms with E-state index in [0.717, 1.165) is 108 Å².